The number of benzene rings is 1. The molecule has 0 amide bonds. The van der Waals surface area contributed by atoms with Crippen LogP contribution in [0.1, 0.15) is 0 Å². The van der Waals surface area contributed by atoms with Crippen molar-refractivity contribution in [1.82, 2.24) is 0 Å². The fraction of sp³-hybridized carbons (Fsp3) is 0.143. The van der Waals surface area contributed by atoms with Crippen molar-refractivity contribution in [1.29, 1.82) is 0 Å². The molecule has 0 radical (unpaired) electrons. The Bertz CT molecular complexity index is 139. The quantitative estimate of drug-likeness (QED) is 0.377. The summed E-state index contributed by atoms with van der Waals surface area (Å²) in [6.45, 7) is 0. The Morgan fingerprint density at radius 2 is 1.56 bits per heavy atom. The Kier molecular flexibility index (Phi) is 6.77. The van der Waals surface area contributed by atoms with Crippen molar-refractivity contribution in [2.45, 2.75) is 0 Å². The molecule has 0 heterocycles. The van der Waals surface area contributed by atoms with Gasteiger partial charge >= 0.3 is 0 Å². The molecule has 0 aromatic heterocycles. The van der Waals surface area contributed by atoms with Crippen LogP contribution in [0, 0.1) is 0 Å². The smallest absolute Gasteiger partial charge is 0.0121 e. The van der Waals surface area contributed by atoms with E-state index in [9.17, 15) is 0 Å². The molecule has 9 heavy (non-hydrogen) atoms. The third-order valence-electron chi connectivity index (χ3n) is 0.800. The van der Waals surface area contributed by atoms with E-state index in [0.717, 1.165) is 0 Å². The van der Waals surface area contributed by atoms with Gasteiger partial charge in [0.1, 0.15) is 0 Å². The second kappa shape index (κ2) is 6.50. The molecule has 0 saturated carbocycles. The molecule has 0 aliphatic heterocycles. The van der Waals surface area contributed by atoms with Gasteiger partial charge in [-0.1, -0.05) is 52.9 Å². The Hall–Kier alpha value is 0.380. The molecule has 0 nitrogen and oxygen atoms in total. The third-order valence-corrected chi connectivity index (χ3v) is 1.18. The maximum Gasteiger partial charge on any atom is -0.0121 e. The third kappa shape index (κ3) is 4.86. The average molecular weight is 252 g/mol. The van der Waals surface area contributed by atoms with E-state index in [0.29, 0.717) is 0 Å². The summed E-state index contributed by atoms with van der Waals surface area (Å²) in [5, 5.41) is 1.24. The van der Waals surface area contributed by atoms with Crippen molar-refractivity contribution in [2.75, 3.05) is 4.93 Å². The standard InChI is InChI=1S/C6H7P.CH3I/c7-6-4-2-1-3-5-6;1-2/h1-5H,7H2;1H3. The van der Waals surface area contributed by atoms with Gasteiger partial charge in [-0.2, -0.15) is 0 Å². The molecule has 1 atom stereocenters. The van der Waals surface area contributed by atoms with Crippen molar-refractivity contribution >= 4 is 37.1 Å². The average Bonchev–Trinajstić information content (AvgIpc) is 1.94. The second-order valence-electron chi connectivity index (χ2n) is 1.41. The number of hydrogen-bond donors (Lipinski definition) is 0. The van der Waals surface area contributed by atoms with Crippen LogP contribution >= 0.6 is 31.8 Å². The van der Waals surface area contributed by atoms with E-state index >= 15 is 0 Å². The van der Waals surface area contributed by atoms with E-state index in [-0.39, 0.29) is 0 Å². The summed E-state index contributed by atoms with van der Waals surface area (Å²) in [5.74, 6) is 0. The van der Waals surface area contributed by atoms with Crippen LogP contribution in [-0.4, -0.2) is 4.93 Å². The monoisotopic (exact) mass is 252 g/mol. The highest BCUT2D eigenvalue weighted by atomic mass is 127. The van der Waals surface area contributed by atoms with Gasteiger partial charge in [0.25, 0.3) is 0 Å². The minimum absolute atomic E-state index is 1.24. The van der Waals surface area contributed by atoms with Gasteiger partial charge in [-0.3, -0.25) is 0 Å². The predicted octanol–water partition coefficient (Wildman–Crippen LogP) is 2.24. The number of halogens is 1. The lowest BCUT2D eigenvalue weighted by Gasteiger charge is -1.82. The van der Waals surface area contributed by atoms with Crippen molar-refractivity contribution in [3.8, 4) is 0 Å². The summed E-state index contributed by atoms with van der Waals surface area (Å²) in [5.41, 5.74) is 0. The largest absolute Gasteiger partial charge is 0.106 e. The van der Waals surface area contributed by atoms with Crippen LogP contribution in [0.5, 0.6) is 0 Å². The first-order valence-corrected chi connectivity index (χ1v) is 5.31. The predicted molar refractivity (Wildman–Crippen MR) is 55.7 cm³/mol. The summed E-state index contributed by atoms with van der Waals surface area (Å²) in [4.78, 5) is 1.97. The van der Waals surface area contributed by atoms with Crippen LogP contribution in [0.15, 0.2) is 30.3 Å². The van der Waals surface area contributed by atoms with Crippen molar-refractivity contribution < 1.29 is 0 Å². The van der Waals surface area contributed by atoms with Gasteiger partial charge in [0, 0.05) is 0 Å². The summed E-state index contributed by atoms with van der Waals surface area (Å²) in [7, 11) is 2.63. The molecule has 0 bridgehead atoms. The molecule has 0 saturated heterocycles. The number of rotatable bonds is 0. The zero-order valence-electron chi connectivity index (χ0n) is 5.34. The first-order chi connectivity index (χ1) is 4.39. The van der Waals surface area contributed by atoms with Gasteiger partial charge in [0.15, 0.2) is 0 Å². The molecule has 0 N–H and O–H groups in total. The number of hydrogen-bond acceptors (Lipinski definition) is 0. The van der Waals surface area contributed by atoms with Crippen molar-refractivity contribution in [2.24, 2.45) is 0 Å². The van der Waals surface area contributed by atoms with Crippen LogP contribution in [0.2, 0.25) is 0 Å². The lowest BCUT2D eigenvalue weighted by Crippen LogP contribution is -1.82. The molecular formula is C7H10IP. The van der Waals surface area contributed by atoms with Crippen LogP contribution in [-0.2, 0) is 0 Å². The Morgan fingerprint density at radius 3 is 1.78 bits per heavy atom. The van der Waals surface area contributed by atoms with Crippen LogP contribution in [0.3, 0.4) is 0 Å². The van der Waals surface area contributed by atoms with Gasteiger partial charge in [-0.25, -0.2) is 0 Å². The second-order valence-corrected chi connectivity index (χ2v) is 2.08. The maximum atomic E-state index is 2.63. The van der Waals surface area contributed by atoms with E-state index in [4.69, 9.17) is 0 Å². The zero-order chi connectivity index (χ0) is 7.11. The Balaban J connectivity index is 0.000000291. The Morgan fingerprint density at radius 1 is 1.11 bits per heavy atom. The number of alkyl halides is 1. The first kappa shape index (κ1) is 9.38. The van der Waals surface area contributed by atoms with E-state index in [2.05, 4.69) is 31.8 Å². The van der Waals surface area contributed by atoms with Crippen LogP contribution in [0.4, 0.5) is 0 Å². The maximum absolute atomic E-state index is 2.63. The van der Waals surface area contributed by atoms with Crippen molar-refractivity contribution in [3.05, 3.63) is 30.3 Å². The summed E-state index contributed by atoms with van der Waals surface area (Å²) in [6.07, 6.45) is 0. The molecule has 1 rings (SSSR count). The fourth-order valence-electron chi connectivity index (χ4n) is 0.453. The van der Waals surface area contributed by atoms with E-state index < -0.39 is 0 Å². The lowest BCUT2D eigenvalue weighted by molar-refractivity contribution is 1.78. The zero-order valence-corrected chi connectivity index (χ0v) is 8.65. The summed E-state index contributed by atoms with van der Waals surface area (Å²) >= 11 is 2.15. The SMILES string of the molecule is CI.Pc1ccccc1. The minimum atomic E-state index is 1.24. The van der Waals surface area contributed by atoms with E-state index in [1.54, 1.807) is 0 Å². The van der Waals surface area contributed by atoms with E-state index in [1.165, 1.54) is 5.30 Å². The van der Waals surface area contributed by atoms with Gasteiger partial charge < -0.3 is 0 Å². The van der Waals surface area contributed by atoms with Gasteiger partial charge in [-0.05, 0) is 10.2 Å². The molecule has 0 aliphatic carbocycles. The van der Waals surface area contributed by atoms with Crippen molar-refractivity contribution in [3.63, 3.8) is 0 Å². The molecule has 1 unspecified atom stereocenters. The van der Waals surface area contributed by atoms with Crippen LogP contribution in [0.25, 0.3) is 0 Å². The highest BCUT2D eigenvalue weighted by Gasteiger charge is 1.72. The lowest BCUT2D eigenvalue weighted by atomic mass is 10.4. The molecular weight excluding hydrogens is 242 g/mol. The van der Waals surface area contributed by atoms with Gasteiger partial charge in [-0.15, -0.1) is 9.24 Å². The van der Waals surface area contributed by atoms with Gasteiger partial charge in [0.05, 0.1) is 0 Å². The molecule has 1 aromatic carbocycles. The molecule has 0 aliphatic rings. The molecule has 2 heteroatoms. The summed E-state index contributed by atoms with van der Waals surface area (Å²) in [6, 6.07) is 10.1. The molecule has 50 valence electrons. The summed E-state index contributed by atoms with van der Waals surface area (Å²) < 4.78 is 0. The highest BCUT2D eigenvalue weighted by molar-refractivity contribution is 14.1. The molecule has 1 aromatic rings. The van der Waals surface area contributed by atoms with Gasteiger partial charge in [0.2, 0.25) is 0 Å². The fourth-order valence-corrected chi connectivity index (χ4v) is 0.675. The minimum Gasteiger partial charge on any atom is -0.106 e. The highest BCUT2D eigenvalue weighted by Crippen LogP contribution is 1.86. The van der Waals surface area contributed by atoms with Crippen LogP contribution < -0.4 is 5.30 Å². The normalized spacial score (nSPS) is 7.44. The Labute approximate surface area is 72.4 Å². The molecule has 0 fully saturated rings. The first-order valence-electron chi connectivity index (χ1n) is 2.58. The van der Waals surface area contributed by atoms with E-state index in [1.807, 2.05) is 35.3 Å². The topological polar surface area (TPSA) is 0 Å². The molecule has 0 spiro atoms.